The van der Waals surface area contributed by atoms with Crippen molar-refractivity contribution in [3.8, 4) is 0 Å². The molecule has 0 radical (unpaired) electrons. The van der Waals surface area contributed by atoms with Crippen molar-refractivity contribution < 1.29 is 19.1 Å². The fourth-order valence-electron chi connectivity index (χ4n) is 4.12. The summed E-state index contributed by atoms with van der Waals surface area (Å²) in [7, 11) is 2.85. The van der Waals surface area contributed by atoms with Crippen LogP contribution in [0.25, 0.3) is 11.2 Å². The van der Waals surface area contributed by atoms with Crippen molar-refractivity contribution in [3.63, 3.8) is 0 Å². The molecular weight excluding hydrogens is 470 g/mol. The highest BCUT2D eigenvalue weighted by Gasteiger charge is 2.27. The molecule has 13 nitrogen and oxygen atoms in total. The van der Waals surface area contributed by atoms with Crippen molar-refractivity contribution in [2.24, 2.45) is 14.1 Å². The minimum absolute atomic E-state index is 0.124. The fourth-order valence-corrected chi connectivity index (χ4v) is 4.12. The van der Waals surface area contributed by atoms with Crippen molar-refractivity contribution in [3.05, 3.63) is 57.0 Å². The van der Waals surface area contributed by atoms with Gasteiger partial charge in [-0.3, -0.25) is 23.5 Å². The molecule has 3 aromatic rings. The molecule has 3 heterocycles. The summed E-state index contributed by atoms with van der Waals surface area (Å²) in [5.74, 6) is -0.746. The zero-order valence-electron chi connectivity index (χ0n) is 20.3. The van der Waals surface area contributed by atoms with Crippen LogP contribution >= 0.6 is 0 Å². The van der Waals surface area contributed by atoms with Crippen LogP contribution in [-0.2, 0) is 30.2 Å². The van der Waals surface area contributed by atoms with Crippen molar-refractivity contribution >= 4 is 34.8 Å². The molecule has 190 valence electrons. The summed E-state index contributed by atoms with van der Waals surface area (Å²) in [5, 5.41) is 2.74. The van der Waals surface area contributed by atoms with Gasteiger partial charge in [0.25, 0.3) is 11.5 Å². The number of imidazole rings is 1. The topological polar surface area (TPSA) is 141 Å². The SMILES string of the molecule is CCOC(=O)N1CCN(C(=O)c2ccccc2NC(=O)Cn2cnc3c2c(=O)n(C)c(=O)n3C)CC1. The fraction of sp³-hybridized carbons (Fsp3) is 0.391. The quantitative estimate of drug-likeness (QED) is 0.523. The Bertz CT molecular complexity index is 1450. The molecule has 0 atom stereocenters. The van der Waals surface area contributed by atoms with Gasteiger partial charge in [-0.15, -0.1) is 0 Å². The zero-order chi connectivity index (χ0) is 26.0. The number of amides is 3. The van der Waals surface area contributed by atoms with Crippen LogP contribution < -0.4 is 16.6 Å². The Labute approximate surface area is 205 Å². The summed E-state index contributed by atoms with van der Waals surface area (Å²) in [4.78, 5) is 70.0. The van der Waals surface area contributed by atoms with Crippen LogP contribution in [-0.4, -0.2) is 79.2 Å². The Hall–Kier alpha value is -4.42. The van der Waals surface area contributed by atoms with E-state index in [4.69, 9.17) is 4.74 Å². The standard InChI is InChI=1S/C23H27N7O6/c1-4-36-23(35)29-11-9-28(10-12-29)20(32)15-7-5-6-8-16(15)25-17(31)13-30-14-24-19-18(30)21(33)27(3)22(34)26(19)2/h5-8,14H,4,9-13H2,1-3H3,(H,25,31). The second kappa shape index (κ2) is 10.1. The molecule has 0 spiro atoms. The minimum Gasteiger partial charge on any atom is -0.450 e. The summed E-state index contributed by atoms with van der Waals surface area (Å²) in [6.07, 6.45) is 0.921. The van der Waals surface area contributed by atoms with E-state index in [2.05, 4.69) is 10.3 Å². The third kappa shape index (κ3) is 4.59. The van der Waals surface area contributed by atoms with Gasteiger partial charge in [0.05, 0.1) is 24.2 Å². The molecule has 1 saturated heterocycles. The number of rotatable bonds is 5. The summed E-state index contributed by atoms with van der Waals surface area (Å²) >= 11 is 0. The second-order valence-corrected chi connectivity index (χ2v) is 8.32. The predicted octanol–water partition coefficient (Wildman–Crippen LogP) is -0.0133. The first kappa shape index (κ1) is 24.7. The van der Waals surface area contributed by atoms with Gasteiger partial charge < -0.3 is 24.4 Å². The van der Waals surface area contributed by atoms with Gasteiger partial charge in [0, 0.05) is 40.3 Å². The van der Waals surface area contributed by atoms with Crippen LogP contribution in [0.15, 0.2) is 40.2 Å². The molecule has 1 aliphatic heterocycles. The normalized spacial score (nSPS) is 13.6. The molecule has 0 unspecified atom stereocenters. The van der Waals surface area contributed by atoms with Crippen LogP contribution in [0.4, 0.5) is 10.5 Å². The van der Waals surface area contributed by atoms with E-state index >= 15 is 0 Å². The van der Waals surface area contributed by atoms with Gasteiger partial charge in [-0.2, -0.15) is 0 Å². The van der Waals surface area contributed by atoms with Gasteiger partial charge in [-0.1, -0.05) is 12.1 Å². The average Bonchev–Trinajstić information content (AvgIpc) is 3.29. The Kier molecular flexibility index (Phi) is 6.90. The third-order valence-electron chi connectivity index (χ3n) is 6.06. The maximum atomic E-state index is 13.2. The highest BCUT2D eigenvalue weighted by molar-refractivity contribution is 6.04. The number of ether oxygens (including phenoxy) is 1. The van der Waals surface area contributed by atoms with Gasteiger partial charge in [0.15, 0.2) is 11.2 Å². The molecule has 1 aromatic carbocycles. The van der Waals surface area contributed by atoms with Crippen molar-refractivity contribution in [2.45, 2.75) is 13.5 Å². The highest BCUT2D eigenvalue weighted by atomic mass is 16.6. The maximum Gasteiger partial charge on any atom is 0.409 e. The van der Waals surface area contributed by atoms with E-state index in [1.165, 1.54) is 29.6 Å². The lowest BCUT2D eigenvalue weighted by atomic mass is 10.1. The smallest absolute Gasteiger partial charge is 0.409 e. The number of fused-ring (bicyclic) bond motifs is 1. The van der Waals surface area contributed by atoms with E-state index in [1.807, 2.05) is 0 Å². The molecule has 3 amide bonds. The number of carbonyl (C=O) groups excluding carboxylic acids is 3. The lowest BCUT2D eigenvalue weighted by Crippen LogP contribution is -2.50. The van der Waals surface area contributed by atoms with E-state index in [0.29, 0.717) is 37.4 Å². The van der Waals surface area contributed by atoms with Crippen LogP contribution in [0.3, 0.4) is 0 Å². The molecule has 0 aliphatic carbocycles. The summed E-state index contributed by atoms with van der Waals surface area (Å²) in [5.41, 5.74) is -0.144. The first-order chi connectivity index (χ1) is 17.2. The van der Waals surface area contributed by atoms with Crippen LogP contribution in [0, 0.1) is 0 Å². The average molecular weight is 498 g/mol. The van der Waals surface area contributed by atoms with Crippen molar-refractivity contribution in [1.29, 1.82) is 0 Å². The Balaban J connectivity index is 1.49. The van der Waals surface area contributed by atoms with E-state index in [1.54, 1.807) is 41.0 Å². The van der Waals surface area contributed by atoms with Gasteiger partial charge in [-0.25, -0.2) is 14.6 Å². The summed E-state index contributed by atoms with van der Waals surface area (Å²) < 4.78 is 8.57. The van der Waals surface area contributed by atoms with E-state index in [0.717, 1.165) is 4.57 Å². The van der Waals surface area contributed by atoms with E-state index in [-0.39, 0.29) is 30.2 Å². The van der Waals surface area contributed by atoms with Gasteiger partial charge in [0.2, 0.25) is 5.91 Å². The number of anilines is 1. The number of aromatic nitrogens is 4. The first-order valence-electron chi connectivity index (χ1n) is 11.4. The predicted molar refractivity (Wildman–Crippen MR) is 130 cm³/mol. The molecule has 2 aromatic heterocycles. The molecule has 0 bridgehead atoms. The highest BCUT2D eigenvalue weighted by Crippen LogP contribution is 2.19. The molecule has 0 saturated carbocycles. The van der Waals surface area contributed by atoms with Gasteiger partial charge >= 0.3 is 11.8 Å². The molecule has 1 fully saturated rings. The maximum absolute atomic E-state index is 13.2. The molecule has 1 N–H and O–H groups in total. The van der Waals surface area contributed by atoms with Crippen molar-refractivity contribution in [1.82, 2.24) is 28.5 Å². The minimum atomic E-state index is -0.559. The van der Waals surface area contributed by atoms with Crippen LogP contribution in [0.1, 0.15) is 17.3 Å². The number of nitrogens with zero attached hydrogens (tertiary/aromatic N) is 6. The third-order valence-corrected chi connectivity index (χ3v) is 6.06. The van der Waals surface area contributed by atoms with Crippen LogP contribution in [0.5, 0.6) is 0 Å². The monoisotopic (exact) mass is 497 g/mol. The first-order valence-corrected chi connectivity index (χ1v) is 11.4. The second-order valence-electron chi connectivity index (χ2n) is 8.32. The number of benzene rings is 1. The van der Waals surface area contributed by atoms with E-state index in [9.17, 15) is 24.0 Å². The lowest BCUT2D eigenvalue weighted by molar-refractivity contribution is -0.116. The van der Waals surface area contributed by atoms with Gasteiger partial charge in [-0.05, 0) is 19.1 Å². The molecule has 13 heteroatoms. The number of piperazine rings is 1. The number of nitrogens with one attached hydrogen (secondary N) is 1. The molecular formula is C23H27N7O6. The Morgan fingerprint density at radius 3 is 2.36 bits per heavy atom. The number of hydrogen-bond donors (Lipinski definition) is 1. The molecule has 4 rings (SSSR count). The van der Waals surface area contributed by atoms with E-state index < -0.39 is 23.2 Å². The Morgan fingerprint density at radius 1 is 1.00 bits per heavy atom. The lowest BCUT2D eigenvalue weighted by Gasteiger charge is -2.34. The Morgan fingerprint density at radius 2 is 1.67 bits per heavy atom. The number of hydrogen-bond acceptors (Lipinski definition) is 7. The number of aryl methyl sites for hydroxylation is 1. The number of carbonyl (C=O) groups is 3. The molecule has 36 heavy (non-hydrogen) atoms. The number of para-hydroxylation sites is 1. The van der Waals surface area contributed by atoms with Gasteiger partial charge in [0.1, 0.15) is 6.54 Å². The zero-order valence-corrected chi connectivity index (χ0v) is 20.3. The molecule has 1 aliphatic rings. The van der Waals surface area contributed by atoms with Crippen molar-refractivity contribution in [2.75, 3.05) is 38.1 Å². The summed E-state index contributed by atoms with van der Waals surface area (Å²) in [6, 6.07) is 6.64. The van der Waals surface area contributed by atoms with Crippen LogP contribution in [0.2, 0.25) is 0 Å². The largest absolute Gasteiger partial charge is 0.450 e. The summed E-state index contributed by atoms with van der Waals surface area (Å²) in [6.45, 7) is 3.15.